The maximum atomic E-state index is 12.9. The first-order valence-electron chi connectivity index (χ1n) is 9.45. The second-order valence-corrected chi connectivity index (χ2v) is 8.38. The molecule has 2 aromatic carbocycles. The molecule has 2 heterocycles. The van der Waals surface area contributed by atoms with Crippen LogP contribution in [-0.4, -0.2) is 45.4 Å². The third kappa shape index (κ3) is 4.15. The van der Waals surface area contributed by atoms with E-state index >= 15 is 0 Å². The quantitative estimate of drug-likeness (QED) is 0.303. The number of thioether (sulfide) groups is 2. The van der Waals surface area contributed by atoms with E-state index in [0.717, 1.165) is 10.6 Å². The van der Waals surface area contributed by atoms with Crippen LogP contribution in [0.4, 0.5) is 5.69 Å². The molecule has 0 unspecified atom stereocenters. The second-order valence-electron chi connectivity index (χ2n) is 6.41. The molecule has 8 nitrogen and oxygen atoms in total. The number of carbonyl (C=O) groups is 1. The van der Waals surface area contributed by atoms with Gasteiger partial charge in [-0.15, -0.1) is 5.10 Å². The minimum Gasteiger partial charge on any atom is -0.492 e. The summed E-state index contributed by atoms with van der Waals surface area (Å²) in [6.07, 6.45) is 0. The maximum absolute atomic E-state index is 12.9. The van der Waals surface area contributed by atoms with Crippen molar-refractivity contribution >= 4 is 35.0 Å². The lowest BCUT2D eigenvalue weighted by Crippen LogP contribution is -2.16. The standard InChI is InChI=1S/C21H18N6O2S2/c1-3-29-18-10-6-4-8-15(18)27-21(23-24-25-27)30-13-17(28)14(12-22)20-26(2)16-9-5-7-11-19(16)31-20/h4-11H,3,13H2,1-2H3/b20-14+. The van der Waals surface area contributed by atoms with Gasteiger partial charge in [0, 0.05) is 11.9 Å². The summed E-state index contributed by atoms with van der Waals surface area (Å²) >= 11 is 2.61. The number of nitriles is 1. The van der Waals surface area contributed by atoms with Gasteiger partial charge in [-0.3, -0.25) is 4.79 Å². The largest absolute Gasteiger partial charge is 0.492 e. The Hall–Kier alpha value is -3.29. The van der Waals surface area contributed by atoms with Crippen LogP contribution in [0.2, 0.25) is 0 Å². The summed E-state index contributed by atoms with van der Waals surface area (Å²) in [5, 5.41) is 22.6. The van der Waals surface area contributed by atoms with Crippen LogP contribution in [0.1, 0.15) is 6.92 Å². The highest BCUT2D eigenvalue weighted by atomic mass is 32.2. The maximum Gasteiger partial charge on any atom is 0.214 e. The van der Waals surface area contributed by atoms with Gasteiger partial charge >= 0.3 is 0 Å². The van der Waals surface area contributed by atoms with Crippen molar-refractivity contribution in [3.63, 3.8) is 0 Å². The van der Waals surface area contributed by atoms with Crippen LogP contribution in [0.5, 0.6) is 5.75 Å². The molecule has 0 N–H and O–H groups in total. The fraction of sp³-hybridized carbons (Fsp3) is 0.190. The van der Waals surface area contributed by atoms with Crippen LogP contribution in [0.3, 0.4) is 0 Å². The van der Waals surface area contributed by atoms with Gasteiger partial charge in [-0.1, -0.05) is 47.8 Å². The molecule has 4 rings (SSSR count). The third-order valence-electron chi connectivity index (χ3n) is 4.51. The lowest BCUT2D eigenvalue weighted by atomic mass is 10.2. The SMILES string of the molecule is CCOc1ccccc1-n1nnnc1SCC(=O)/C(C#N)=C1/Sc2ccccc2N1C. The van der Waals surface area contributed by atoms with E-state index in [2.05, 4.69) is 21.6 Å². The fourth-order valence-corrected chi connectivity index (χ4v) is 5.00. The molecule has 0 saturated heterocycles. The molecule has 156 valence electrons. The summed E-state index contributed by atoms with van der Waals surface area (Å²) < 4.78 is 7.19. The Kier molecular flexibility index (Phi) is 6.25. The normalized spacial score (nSPS) is 14.2. The van der Waals surface area contributed by atoms with Crippen molar-refractivity contribution in [2.75, 3.05) is 24.3 Å². The number of hydrogen-bond acceptors (Lipinski definition) is 9. The van der Waals surface area contributed by atoms with E-state index in [1.807, 2.05) is 67.4 Å². The zero-order valence-electron chi connectivity index (χ0n) is 16.8. The molecule has 0 bridgehead atoms. The number of para-hydroxylation sites is 3. The van der Waals surface area contributed by atoms with Gasteiger partial charge in [0.05, 0.1) is 18.0 Å². The monoisotopic (exact) mass is 450 g/mol. The van der Waals surface area contributed by atoms with Crippen molar-refractivity contribution in [1.82, 2.24) is 20.2 Å². The van der Waals surface area contributed by atoms with Crippen LogP contribution in [0.15, 0.2) is 69.2 Å². The zero-order valence-corrected chi connectivity index (χ0v) is 18.5. The molecule has 1 aliphatic rings. The number of aromatic nitrogens is 4. The number of benzene rings is 2. The Labute approximate surface area is 187 Å². The minimum absolute atomic E-state index is 0.0360. The van der Waals surface area contributed by atoms with E-state index < -0.39 is 0 Å². The smallest absolute Gasteiger partial charge is 0.214 e. The average Bonchev–Trinajstić information content (AvgIpc) is 3.38. The predicted molar refractivity (Wildman–Crippen MR) is 119 cm³/mol. The zero-order chi connectivity index (χ0) is 21.8. The molecule has 10 heteroatoms. The number of nitrogens with zero attached hydrogens (tertiary/aromatic N) is 6. The summed E-state index contributed by atoms with van der Waals surface area (Å²) in [4.78, 5) is 15.8. The lowest BCUT2D eigenvalue weighted by molar-refractivity contribution is -0.112. The number of tetrazole rings is 1. The van der Waals surface area contributed by atoms with Crippen molar-refractivity contribution < 1.29 is 9.53 Å². The Morgan fingerprint density at radius 3 is 2.68 bits per heavy atom. The molecule has 0 amide bonds. The summed E-state index contributed by atoms with van der Waals surface area (Å²) in [5.74, 6) is 0.406. The number of fused-ring (bicyclic) bond motifs is 1. The number of hydrogen-bond donors (Lipinski definition) is 0. The highest BCUT2D eigenvalue weighted by Gasteiger charge is 2.28. The van der Waals surface area contributed by atoms with Gasteiger partial charge in [0.25, 0.3) is 0 Å². The molecule has 1 aromatic heterocycles. The van der Waals surface area contributed by atoms with Crippen LogP contribution < -0.4 is 9.64 Å². The number of ketones is 1. The molecule has 0 spiro atoms. The molecule has 0 aliphatic carbocycles. The Bertz CT molecular complexity index is 1200. The second kappa shape index (κ2) is 9.24. The predicted octanol–water partition coefficient (Wildman–Crippen LogP) is 3.70. The summed E-state index contributed by atoms with van der Waals surface area (Å²) in [7, 11) is 1.86. The van der Waals surface area contributed by atoms with Crippen molar-refractivity contribution in [3.8, 4) is 17.5 Å². The van der Waals surface area contributed by atoms with Crippen LogP contribution in [-0.2, 0) is 4.79 Å². The fourth-order valence-electron chi connectivity index (χ4n) is 3.08. The van der Waals surface area contributed by atoms with Crippen molar-refractivity contribution in [2.24, 2.45) is 0 Å². The summed E-state index contributed by atoms with van der Waals surface area (Å²) in [5.41, 5.74) is 1.79. The van der Waals surface area contributed by atoms with Gasteiger partial charge in [-0.05, 0) is 41.6 Å². The molecule has 0 fully saturated rings. The molecule has 0 atom stereocenters. The molecule has 0 radical (unpaired) electrons. The number of rotatable bonds is 7. The van der Waals surface area contributed by atoms with Gasteiger partial charge in [0.15, 0.2) is 5.78 Å². The van der Waals surface area contributed by atoms with Crippen LogP contribution in [0, 0.1) is 11.3 Å². The average molecular weight is 451 g/mol. The first-order valence-corrected chi connectivity index (χ1v) is 11.3. The number of allylic oxidation sites excluding steroid dienone is 1. The minimum atomic E-state index is -0.276. The van der Waals surface area contributed by atoms with E-state index in [9.17, 15) is 10.1 Å². The van der Waals surface area contributed by atoms with Gasteiger partial charge in [-0.25, -0.2) is 0 Å². The summed E-state index contributed by atoms with van der Waals surface area (Å²) in [6, 6.07) is 17.3. The Morgan fingerprint density at radius 2 is 1.94 bits per heavy atom. The van der Waals surface area contributed by atoms with Crippen molar-refractivity contribution in [3.05, 3.63) is 59.1 Å². The van der Waals surface area contributed by atoms with Gasteiger partial charge < -0.3 is 9.64 Å². The highest BCUT2D eigenvalue weighted by Crippen LogP contribution is 2.46. The first kappa shape index (κ1) is 21.0. The Morgan fingerprint density at radius 1 is 1.19 bits per heavy atom. The van der Waals surface area contributed by atoms with Gasteiger partial charge in [0.2, 0.25) is 5.16 Å². The summed E-state index contributed by atoms with van der Waals surface area (Å²) in [6.45, 7) is 2.41. The third-order valence-corrected chi connectivity index (χ3v) is 6.66. The molecular weight excluding hydrogens is 432 g/mol. The van der Waals surface area contributed by atoms with Gasteiger partial charge in [-0.2, -0.15) is 9.94 Å². The lowest BCUT2D eigenvalue weighted by Gasteiger charge is -2.14. The van der Waals surface area contributed by atoms with Crippen molar-refractivity contribution in [1.29, 1.82) is 5.26 Å². The molecule has 1 aliphatic heterocycles. The molecule has 31 heavy (non-hydrogen) atoms. The highest BCUT2D eigenvalue weighted by molar-refractivity contribution is 8.03. The number of ether oxygens (including phenoxy) is 1. The van der Waals surface area contributed by atoms with Crippen LogP contribution >= 0.6 is 23.5 Å². The van der Waals surface area contributed by atoms with E-state index in [1.54, 1.807) is 0 Å². The number of Topliss-reactive ketones (excluding diaryl/α,β-unsaturated/α-hetero) is 1. The van der Waals surface area contributed by atoms with E-state index in [4.69, 9.17) is 4.74 Å². The van der Waals surface area contributed by atoms with E-state index in [1.165, 1.54) is 28.2 Å². The van der Waals surface area contributed by atoms with Crippen LogP contribution in [0.25, 0.3) is 5.69 Å². The number of anilines is 1. The van der Waals surface area contributed by atoms with Gasteiger partial charge in [0.1, 0.15) is 28.1 Å². The van der Waals surface area contributed by atoms with Crippen molar-refractivity contribution in [2.45, 2.75) is 17.0 Å². The molecule has 3 aromatic rings. The molecule has 0 saturated carbocycles. The number of carbonyl (C=O) groups excluding carboxylic acids is 1. The topological polar surface area (TPSA) is 96.9 Å². The first-order chi connectivity index (χ1) is 15.1. The molecular formula is C21H18N6O2S2. The van der Waals surface area contributed by atoms with E-state index in [-0.39, 0.29) is 17.1 Å². The van der Waals surface area contributed by atoms with E-state index in [0.29, 0.717) is 28.2 Å². The Balaban J connectivity index is 1.54.